The second-order valence-electron chi connectivity index (χ2n) is 7.46. The maximum atomic E-state index is 10.7. The molecule has 0 fully saturated rings. The van der Waals surface area contributed by atoms with Crippen LogP contribution in [0.25, 0.3) is 0 Å². The van der Waals surface area contributed by atoms with Crippen LogP contribution in [0.4, 0.5) is 11.4 Å². The number of anilines is 2. The molecular formula is C18H38N4O6S2. The summed E-state index contributed by atoms with van der Waals surface area (Å²) in [6.07, 6.45) is 5.38. The number of hydrogen-bond donors (Lipinski definition) is 4. The third-order valence-corrected chi connectivity index (χ3v) is 5.53. The van der Waals surface area contributed by atoms with Gasteiger partial charge in [0.1, 0.15) is 20.2 Å². The molecule has 1 aromatic carbocycles. The largest absolute Gasteiger partial charge is 0.744 e. The molecule has 0 heterocycles. The van der Waals surface area contributed by atoms with Crippen molar-refractivity contribution in [1.82, 2.24) is 0 Å². The fourth-order valence-corrected chi connectivity index (χ4v) is 3.38. The zero-order valence-electron chi connectivity index (χ0n) is 18.8. The van der Waals surface area contributed by atoms with Crippen molar-refractivity contribution in [3.05, 3.63) is 12.1 Å². The second-order valence-corrected chi connectivity index (χ2v) is 10.2. The lowest BCUT2D eigenvalue weighted by Gasteiger charge is -2.15. The van der Waals surface area contributed by atoms with Crippen LogP contribution in [0.3, 0.4) is 0 Å². The van der Waals surface area contributed by atoms with E-state index in [1.165, 1.54) is 38.8 Å². The van der Waals surface area contributed by atoms with E-state index in [0.717, 1.165) is 6.07 Å². The summed E-state index contributed by atoms with van der Waals surface area (Å²) < 4.78 is 64.0. The summed E-state index contributed by atoms with van der Waals surface area (Å²) in [5.74, 6) is 0. The summed E-state index contributed by atoms with van der Waals surface area (Å²) in [5, 5.41) is 0. The number of unbranched alkanes of at least 4 members (excludes halogenated alkanes) is 2. The van der Waals surface area contributed by atoms with Crippen LogP contribution in [0, 0.1) is 0 Å². The normalized spacial score (nSPS) is 11.5. The molecule has 0 saturated carbocycles. The van der Waals surface area contributed by atoms with E-state index in [2.05, 4.69) is 42.0 Å². The number of hydrogen-bond acceptors (Lipinski definition) is 8. The van der Waals surface area contributed by atoms with E-state index >= 15 is 0 Å². The molecule has 0 radical (unpaired) electrons. The van der Waals surface area contributed by atoms with Crippen LogP contribution in [-0.4, -0.2) is 67.2 Å². The molecule has 1 rings (SSSR count). The molecule has 6 N–H and O–H groups in total. The van der Waals surface area contributed by atoms with Gasteiger partial charge in [0, 0.05) is 0 Å². The molecule has 0 amide bonds. The second kappa shape index (κ2) is 14.5. The smallest absolute Gasteiger partial charge is 0.126 e. The van der Waals surface area contributed by atoms with Gasteiger partial charge in [-0.2, -0.15) is 0 Å². The first-order valence-electron chi connectivity index (χ1n) is 9.76. The van der Waals surface area contributed by atoms with E-state index in [-0.39, 0.29) is 0 Å². The van der Waals surface area contributed by atoms with Gasteiger partial charge in [0.25, 0.3) is 0 Å². The van der Waals surface area contributed by atoms with E-state index < -0.39 is 41.4 Å². The molecule has 0 aliphatic rings. The van der Waals surface area contributed by atoms with Gasteiger partial charge >= 0.3 is 0 Å². The van der Waals surface area contributed by atoms with Gasteiger partial charge in [-0.15, -0.1) is 0 Å². The first-order chi connectivity index (χ1) is 13.6. The number of quaternary nitrogens is 2. The van der Waals surface area contributed by atoms with Crippen molar-refractivity contribution < 1.29 is 35.7 Å². The Morgan fingerprint density at radius 1 is 0.733 bits per heavy atom. The fourth-order valence-electron chi connectivity index (χ4n) is 2.09. The zero-order chi connectivity index (χ0) is 24.1. The van der Waals surface area contributed by atoms with Crippen LogP contribution in [0.15, 0.2) is 21.9 Å². The number of nitrogens with two attached hydrogens (primary N) is 2. The predicted molar refractivity (Wildman–Crippen MR) is 116 cm³/mol. The first kappa shape index (κ1) is 30.8. The van der Waals surface area contributed by atoms with E-state index in [0.29, 0.717) is 6.07 Å². The number of benzene rings is 1. The van der Waals surface area contributed by atoms with Crippen LogP contribution in [-0.2, 0) is 20.2 Å². The highest BCUT2D eigenvalue weighted by Gasteiger charge is 2.14. The van der Waals surface area contributed by atoms with Crippen LogP contribution in [0.2, 0.25) is 0 Å². The van der Waals surface area contributed by atoms with Gasteiger partial charge in [0.2, 0.25) is 0 Å². The molecule has 1 aromatic rings. The Hall–Kier alpha value is -1.44. The fraction of sp³-hybridized carbons (Fsp3) is 0.667. The van der Waals surface area contributed by atoms with Gasteiger partial charge in [-0.25, -0.2) is 16.8 Å². The summed E-state index contributed by atoms with van der Waals surface area (Å²) in [4.78, 5) is 1.14. The van der Waals surface area contributed by atoms with E-state index in [4.69, 9.17) is 11.5 Å². The molecule has 0 spiro atoms. The monoisotopic (exact) mass is 470 g/mol. The van der Waals surface area contributed by atoms with Crippen LogP contribution < -0.4 is 21.3 Å². The third-order valence-electron chi connectivity index (χ3n) is 3.74. The van der Waals surface area contributed by atoms with E-state index in [9.17, 15) is 25.9 Å². The number of rotatable bonds is 8. The summed E-state index contributed by atoms with van der Waals surface area (Å²) in [7, 11) is -1.17. The van der Waals surface area contributed by atoms with Crippen molar-refractivity contribution in [2.75, 3.05) is 52.7 Å². The highest BCUT2D eigenvalue weighted by atomic mass is 32.2. The Balaban J connectivity index is 0. The Morgan fingerprint density at radius 2 is 1.03 bits per heavy atom. The summed E-state index contributed by atoms with van der Waals surface area (Å²) >= 11 is 0. The quantitative estimate of drug-likeness (QED) is 0.263. The molecule has 0 aliphatic heterocycles. The minimum atomic E-state index is -4.97. The topological polar surface area (TPSA) is 175 Å². The minimum Gasteiger partial charge on any atom is -0.744 e. The molecule has 178 valence electrons. The predicted octanol–water partition coefficient (Wildman–Crippen LogP) is -1.48. The van der Waals surface area contributed by atoms with Crippen molar-refractivity contribution in [2.24, 2.45) is 0 Å². The highest BCUT2D eigenvalue weighted by molar-refractivity contribution is 7.86. The molecule has 0 atom stereocenters. The van der Waals surface area contributed by atoms with Crippen molar-refractivity contribution in [3.63, 3.8) is 0 Å². The molecule has 12 heteroatoms. The Morgan fingerprint density at radius 3 is 1.20 bits per heavy atom. The van der Waals surface area contributed by atoms with Crippen molar-refractivity contribution in [1.29, 1.82) is 0 Å². The van der Waals surface area contributed by atoms with Gasteiger partial charge in [-0.3, -0.25) is 0 Å². The maximum absolute atomic E-state index is 10.7. The number of nitrogens with one attached hydrogen (secondary N) is 2. The zero-order valence-corrected chi connectivity index (χ0v) is 20.5. The van der Waals surface area contributed by atoms with E-state index in [1.54, 1.807) is 9.80 Å². The van der Waals surface area contributed by atoms with Crippen LogP contribution in [0.1, 0.15) is 39.5 Å². The van der Waals surface area contributed by atoms with Crippen molar-refractivity contribution in [3.8, 4) is 0 Å². The summed E-state index contributed by atoms with van der Waals surface area (Å²) in [5.41, 5.74) is 9.30. The lowest BCUT2D eigenvalue weighted by molar-refractivity contribution is -0.858. The first-order valence-corrected chi connectivity index (χ1v) is 12.6. The molecule has 0 saturated heterocycles. The number of nitrogen functional groups attached to an aromatic ring is 2. The molecule has 30 heavy (non-hydrogen) atoms. The van der Waals surface area contributed by atoms with Gasteiger partial charge in [0.05, 0.1) is 62.4 Å². The minimum absolute atomic E-state index is 0.356. The lowest BCUT2D eigenvalue weighted by Crippen LogP contribution is -3.05. The van der Waals surface area contributed by atoms with Crippen molar-refractivity contribution in [2.45, 2.75) is 49.3 Å². The van der Waals surface area contributed by atoms with Gasteiger partial charge < -0.3 is 30.4 Å². The average molecular weight is 471 g/mol. The Kier molecular flexibility index (Phi) is 14.9. The van der Waals surface area contributed by atoms with Gasteiger partial charge in [0.15, 0.2) is 0 Å². The molecule has 10 nitrogen and oxygen atoms in total. The Labute approximate surface area is 181 Å². The standard InChI is InChI=1S/C6H8N2O6S2.2C6H15N/c7-3-1-4(8)6(16(12,13)14)2-5(3)15(9,10)11;2*1-4-5-6-7(2)3/h1-2H,7-8H2,(H,9,10,11)(H,12,13,14);2*4-6H2,1-3H3. The van der Waals surface area contributed by atoms with Gasteiger partial charge in [-0.1, -0.05) is 26.7 Å². The highest BCUT2D eigenvalue weighted by Crippen LogP contribution is 2.27. The average Bonchev–Trinajstić information content (AvgIpc) is 2.56. The summed E-state index contributed by atoms with van der Waals surface area (Å²) in [6, 6.07) is 1.09. The molecule has 0 bridgehead atoms. The molecule has 0 unspecified atom stereocenters. The van der Waals surface area contributed by atoms with Crippen molar-refractivity contribution >= 4 is 31.6 Å². The summed E-state index contributed by atoms with van der Waals surface area (Å²) in [6.45, 7) is 7.08. The third kappa shape index (κ3) is 14.5. The van der Waals surface area contributed by atoms with Crippen LogP contribution >= 0.6 is 0 Å². The van der Waals surface area contributed by atoms with E-state index in [1.807, 2.05) is 0 Å². The lowest BCUT2D eigenvalue weighted by atomic mass is 10.3. The molecule has 0 aliphatic carbocycles. The Bertz CT molecular complexity index is 760. The van der Waals surface area contributed by atoms with Gasteiger partial charge in [-0.05, 0) is 25.0 Å². The van der Waals surface area contributed by atoms with Crippen LogP contribution in [0.5, 0.6) is 0 Å². The molecular weight excluding hydrogens is 432 g/mol. The maximum Gasteiger partial charge on any atom is 0.126 e. The SMILES string of the molecule is CCCC[NH+](C)C.CCCC[NH+](C)C.Nc1cc(N)c(S(=O)(=O)[O-])cc1S(=O)(=O)[O-]. The molecule has 0 aromatic heterocycles.